The van der Waals surface area contributed by atoms with E-state index in [2.05, 4.69) is 20.5 Å². The number of H-pyrrole nitrogens is 1. The van der Waals surface area contributed by atoms with Gasteiger partial charge in [-0.05, 0) is 29.8 Å². The molecule has 0 unspecified atom stereocenters. The molecule has 26 heavy (non-hydrogen) atoms. The molecule has 1 amide bonds. The van der Waals surface area contributed by atoms with Gasteiger partial charge in [0.25, 0.3) is 11.6 Å². The van der Waals surface area contributed by atoms with Crippen molar-refractivity contribution in [3.8, 4) is 0 Å². The highest BCUT2D eigenvalue weighted by Crippen LogP contribution is 2.26. The van der Waals surface area contributed by atoms with E-state index in [1.165, 1.54) is 18.3 Å². The molecule has 0 saturated heterocycles. The van der Waals surface area contributed by atoms with E-state index in [1.54, 1.807) is 12.1 Å². The minimum Gasteiger partial charge on any atom is -0.365 e. The zero-order chi connectivity index (χ0) is 18.5. The quantitative estimate of drug-likeness (QED) is 0.356. The average molecular weight is 350 g/mol. The van der Waals surface area contributed by atoms with Crippen LogP contribution in [-0.4, -0.2) is 27.2 Å². The van der Waals surface area contributed by atoms with Crippen LogP contribution in [0.15, 0.2) is 59.6 Å². The maximum atomic E-state index is 11.8. The molecule has 0 atom stereocenters. The van der Waals surface area contributed by atoms with Gasteiger partial charge in [0.05, 0.1) is 4.92 Å². The second-order valence-electron chi connectivity index (χ2n) is 5.26. The van der Waals surface area contributed by atoms with Crippen LogP contribution in [0.3, 0.4) is 0 Å². The maximum absolute atomic E-state index is 11.8. The summed E-state index contributed by atoms with van der Waals surface area (Å²) in [7, 11) is 0. The number of rotatable bonds is 6. The fraction of sp³-hybridized carbons (Fsp3) is 0. The molecule has 3 rings (SSSR count). The lowest BCUT2D eigenvalue weighted by atomic mass is 10.2. The first kappa shape index (κ1) is 16.8. The molecular formula is C17H14N6O3. The Hall–Kier alpha value is -4.01. The third-order valence-electron chi connectivity index (χ3n) is 3.48. The van der Waals surface area contributed by atoms with Gasteiger partial charge in [-0.15, -0.1) is 0 Å². The number of aliphatic imine (C=N–C) groups is 1. The fourth-order valence-corrected chi connectivity index (χ4v) is 2.23. The fourth-order valence-electron chi connectivity index (χ4n) is 2.23. The highest BCUT2D eigenvalue weighted by atomic mass is 16.6. The van der Waals surface area contributed by atoms with E-state index in [0.717, 1.165) is 5.69 Å². The lowest BCUT2D eigenvalue weighted by Gasteiger charge is -2.04. The van der Waals surface area contributed by atoms with Gasteiger partial charge in [-0.3, -0.25) is 20.0 Å². The summed E-state index contributed by atoms with van der Waals surface area (Å²) in [6.45, 7) is 0. The van der Waals surface area contributed by atoms with Crippen LogP contribution in [0.5, 0.6) is 0 Å². The summed E-state index contributed by atoms with van der Waals surface area (Å²) >= 11 is 0. The minimum atomic E-state index is -0.687. The molecule has 0 saturated carbocycles. The number of primary amides is 1. The van der Waals surface area contributed by atoms with Crippen LogP contribution < -0.4 is 11.1 Å². The number of aromatic nitrogens is 2. The van der Waals surface area contributed by atoms with Gasteiger partial charge in [0.2, 0.25) is 0 Å². The Kier molecular flexibility index (Phi) is 4.70. The van der Waals surface area contributed by atoms with Crippen LogP contribution in [0, 0.1) is 10.1 Å². The Balaban J connectivity index is 1.85. The molecule has 130 valence electrons. The summed E-state index contributed by atoms with van der Waals surface area (Å²) in [5.41, 5.74) is 6.92. The van der Waals surface area contributed by atoms with Gasteiger partial charge < -0.3 is 11.1 Å². The Morgan fingerprint density at radius 2 is 1.88 bits per heavy atom. The number of anilines is 2. The summed E-state index contributed by atoms with van der Waals surface area (Å²) in [5.74, 6) is -0.234. The molecule has 9 nitrogen and oxygen atoms in total. The smallest absolute Gasteiger partial charge is 0.269 e. The van der Waals surface area contributed by atoms with E-state index < -0.39 is 10.8 Å². The number of non-ortho nitro benzene ring substituents is 1. The average Bonchev–Trinajstić information content (AvgIpc) is 3.04. The number of amides is 1. The lowest BCUT2D eigenvalue weighted by Crippen LogP contribution is -2.12. The number of carbonyl (C=O) groups is 1. The molecule has 9 heteroatoms. The summed E-state index contributed by atoms with van der Waals surface area (Å²) in [5, 5.41) is 20.4. The monoisotopic (exact) mass is 350 g/mol. The Morgan fingerprint density at radius 3 is 2.50 bits per heavy atom. The van der Waals surface area contributed by atoms with Gasteiger partial charge in [-0.25, -0.2) is 4.99 Å². The van der Waals surface area contributed by atoms with E-state index in [-0.39, 0.29) is 17.1 Å². The topological polar surface area (TPSA) is 139 Å². The zero-order valence-corrected chi connectivity index (χ0v) is 13.4. The van der Waals surface area contributed by atoms with Crippen LogP contribution in [0.4, 0.5) is 23.0 Å². The summed E-state index contributed by atoms with van der Waals surface area (Å²) in [6.07, 6.45) is 1.44. The molecular weight excluding hydrogens is 336 g/mol. The zero-order valence-electron chi connectivity index (χ0n) is 13.4. The highest BCUT2D eigenvalue weighted by Gasteiger charge is 2.18. The van der Waals surface area contributed by atoms with E-state index in [0.29, 0.717) is 11.4 Å². The molecule has 0 bridgehead atoms. The molecule has 3 aromatic rings. The van der Waals surface area contributed by atoms with Crippen molar-refractivity contribution >= 4 is 35.1 Å². The van der Waals surface area contributed by atoms with Crippen molar-refractivity contribution in [2.45, 2.75) is 0 Å². The van der Waals surface area contributed by atoms with Crippen LogP contribution in [0.25, 0.3) is 0 Å². The van der Waals surface area contributed by atoms with Crippen molar-refractivity contribution in [1.29, 1.82) is 0 Å². The highest BCUT2D eigenvalue weighted by molar-refractivity contribution is 6.03. The molecule has 1 heterocycles. The van der Waals surface area contributed by atoms with Crippen molar-refractivity contribution < 1.29 is 9.72 Å². The molecule has 0 spiro atoms. The Bertz CT molecular complexity index is 964. The number of hydrogen-bond donors (Lipinski definition) is 3. The van der Waals surface area contributed by atoms with Gasteiger partial charge in [0.1, 0.15) is 11.4 Å². The summed E-state index contributed by atoms with van der Waals surface area (Å²) < 4.78 is 0. The van der Waals surface area contributed by atoms with E-state index >= 15 is 0 Å². The van der Waals surface area contributed by atoms with Gasteiger partial charge in [-0.2, -0.15) is 5.10 Å². The predicted octanol–water partition coefficient (Wildman–Crippen LogP) is 2.91. The number of aromatic amines is 1. The molecule has 2 aromatic carbocycles. The number of hydrogen-bond acceptors (Lipinski definition) is 6. The van der Waals surface area contributed by atoms with Crippen LogP contribution >= 0.6 is 0 Å². The second kappa shape index (κ2) is 7.26. The molecule has 0 fully saturated rings. The van der Waals surface area contributed by atoms with E-state index in [1.807, 2.05) is 30.3 Å². The molecule has 0 aliphatic heterocycles. The largest absolute Gasteiger partial charge is 0.365 e. The van der Waals surface area contributed by atoms with Crippen LogP contribution in [0.2, 0.25) is 0 Å². The Labute approximate surface area is 147 Å². The van der Waals surface area contributed by atoms with Crippen molar-refractivity contribution in [3.63, 3.8) is 0 Å². The second-order valence-corrected chi connectivity index (χ2v) is 5.26. The number of nitrogens with two attached hydrogens (primary N) is 1. The number of nitrogens with zero attached hydrogens (tertiary/aromatic N) is 3. The van der Waals surface area contributed by atoms with Crippen LogP contribution in [0.1, 0.15) is 15.9 Å². The number of benzene rings is 2. The molecule has 4 N–H and O–H groups in total. The number of nitro benzene ring substituents is 1. The van der Waals surface area contributed by atoms with Crippen molar-refractivity contribution in [3.05, 3.63) is 75.8 Å². The first-order valence-corrected chi connectivity index (χ1v) is 7.53. The van der Waals surface area contributed by atoms with E-state index in [4.69, 9.17) is 5.73 Å². The SMILES string of the molecule is NC(=O)c1c(N=Cc2ccc([N+](=O)[O-])cc2)n[nH]c1Nc1ccccc1. The number of para-hydroxylation sites is 1. The third-order valence-corrected chi connectivity index (χ3v) is 3.48. The number of nitro groups is 1. The Morgan fingerprint density at radius 1 is 1.19 bits per heavy atom. The predicted molar refractivity (Wildman–Crippen MR) is 97.2 cm³/mol. The van der Waals surface area contributed by atoms with Crippen molar-refractivity contribution in [2.24, 2.45) is 10.7 Å². The van der Waals surface area contributed by atoms with Gasteiger partial charge >= 0.3 is 0 Å². The summed E-state index contributed by atoms with van der Waals surface area (Å²) in [6, 6.07) is 15.0. The standard InChI is InChI=1S/C17H14N6O3/c18-15(24)14-16(19-10-11-6-8-13(9-7-11)23(25)26)21-22-17(14)20-12-4-2-1-3-5-12/h1-10H,(H2,18,24)(H2,20,21,22). The molecule has 0 aliphatic rings. The number of nitrogens with one attached hydrogen (secondary N) is 2. The number of carbonyl (C=O) groups excluding carboxylic acids is 1. The maximum Gasteiger partial charge on any atom is 0.269 e. The molecule has 0 radical (unpaired) electrons. The molecule has 0 aliphatic carbocycles. The van der Waals surface area contributed by atoms with E-state index in [9.17, 15) is 14.9 Å². The van der Waals surface area contributed by atoms with Gasteiger partial charge in [-0.1, -0.05) is 18.2 Å². The van der Waals surface area contributed by atoms with Crippen LogP contribution in [-0.2, 0) is 0 Å². The first-order valence-electron chi connectivity index (χ1n) is 7.53. The normalized spacial score (nSPS) is 10.8. The van der Waals surface area contributed by atoms with Crippen molar-refractivity contribution in [1.82, 2.24) is 10.2 Å². The van der Waals surface area contributed by atoms with Crippen molar-refractivity contribution in [2.75, 3.05) is 5.32 Å². The minimum absolute atomic E-state index is 0.0194. The molecule has 1 aromatic heterocycles. The first-order chi connectivity index (χ1) is 12.5. The lowest BCUT2D eigenvalue weighted by molar-refractivity contribution is -0.384. The van der Waals surface area contributed by atoms with Gasteiger partial charge in [0.15, 0.2) is 5.82 Å². The van der Waals surface area contributed by atoms with Gasteiger partial charge in [0, 0.05) is 24.0 Å². The summed E-state index contributed by atoms with van der Waals surface area (Å²) in [4.78, 5) is 26.1. The third kappa shape index (κ3) is 3.73.